The summed E-state index contributed by atoms with van der Waals surface area (Å²) in [7, 11) is -4.47. The minimum atomic E-state index is -4.47. The van der Waals surface area contributed by atoms with Crippen LogP contribution in [0.3, 0.4) is 0 Å². The highest BCUT2D eigenvalue weighted by molar-refractivity contribution is 7.47. The molecule has 0 amide bonds. The molecule has 0 saturated carbocycles. The van der Waals surface area contributed by atoms with Crippen molar-refractivity contribution in [3.8, 4) is 0 Å². The van der Waals surface area contributed by atoms with Gasteiger partial charge in [0.25, 0.3) is 0 Å². The monoisotopic (exact) mass is 708 g/mol. The quantitative estimate of drug-likeness (QED) is 0.0419. The summed E-state index contributed by atoms with van der Waals surface area (Å²) in [4.78, 5) is 20.9. The Morgan fingerprint density at radius 2 is 0.875 bits per heavy atom. The second kappa shape index (κ2) is 36.3. The number of nitrogens with two attached hydrogens (primary N) is 1. The van der Waals surface area contributed by atoms with E-state index in [1.807, 2.05) is 0 Å². The van der Waals surface area contributed by atoms with Crippen molar-refractivity contribution in [1.82, 2.24) is 0 Å². The highest BCUT2D eigenvalue weighted by atomic mass is 31.2. The first kappa shape index (κ1) is 47.5. The van der Waals surface area contributed by atoms with Crippen LogP contribution in [0.15, 0.2) is 0 Å². The third-order valence-electron chi connectivity index (χ3n) is 8.96. The second-order valence-electron chi connectivity index (χ2n) is 13.8. The van der Waals surface area contributed by atoms with E-state index in [-0.39, 0.29) is 13.2 Å². The molecule has 1 unspecified atom stereocenters. The average Bonchev–Trinajstić information content (AvgIpc) is 3.07. The molecule has 0 aromatic rings. The summed E-state index contributed by atoms with van der Waals surface area (Å²) in [5, 5.41) is 8.87. The van der Waals surface area contributed by atoms with Gasteiger partial charge in [-0.3, -0.25) is 13.8 Å². The van der Waals surface area contributed by atoms with Crippen LogP contribution in [0.2, 0.25) is 0 Å². The Bertz CT molecular complexity index is 729. The van der Waals surface area contributed by atoms with Crippen LogP contribution in [-0.2, 0) is 27.9 Å². The maximum Gasteiger partial charge on any atom is 0.472 e. The summed E-state index contributed by atoms with van der Waals surface area (Å²) >= 11 is 0. The van der Waals surface area contributed by atoms with Crippen LogP contribution in [0.4, 0.5) is 0 Å². The van der Waals surface area contributed by atoms with Gasteiger partial charge >= 0.3 is 13.8 Å². The Hall–Kier alpha value is -0.540. The molecule has 9 nitrogen and oxygen atoms in total. The number of phosphoric ester groups is 1. The fourth-order valence-electron chi connectivity index (χ4n) is 5.76. The van der Waals surface area contributed by atoms with E-state index < -0.39 is 32.5 Å². The number of carboxylic acid groups (broad SMARTS) is 1. The average molecular weight is 708 g/mol. The normalized spacial score (nSPS) is 14.2. The van der Waals surface area contributed by atoms with Gasteiger partial charge in [0.05, 0.1) is 19.8 Å². The molecule has 4 N–H and O–H groups in total. The van der Waals surface area contributed by atoms with E-state index in [0.29, 0.717) is 13.2 Å². The SMILES string of the molecule is CCCCCCCCCCCCCCCCOC[C@H](COP(=O)(O)OC[C@H](N)C(=O)O)OCCCCCCCCCCCCCCCC. The first-order chi connectivity index (χ1) is 23.3. The van der Waals surface area contributed by atoms with Gasteiger partial charge in [0, 0.05) is 13.2 Å². The third kappa shape index (κ3) is 35.3. The minimum Gasteiger partial charge on any atom is -0.480 e. The van der Waals surface area contributed by atoms with Crippen molar-refractivity contribution >= 4 is 13.8 Å². The third-order valence-corrected chi connectivity index (χ3v) is 9.91. The molecule has 288 valence electrons. The largest absolute Gasteiger partial charge is 0.480 e. The molecular formula is C38H78NO8P. The van der Waals surface area contributed by atoms with Crippen molar-refractivity contribution in [3.63, 3.8) is 0 Å². The number of hydrogen-bond donors (Lipinski definition) is 3. The summed E-state index contributed by atoms with van der Waals surface area (Å²) in [5.41, 5.74) is 5.37. The molecule has 0 radical (unpaired) electrons. The molecule has 0 spiro atoms. The Kier molecular flexibility index (Phi) is 35.8. The second-order valence-corrected chi connectivity index (χ2v) is 15.2. The first-order valence-corrected chi connectivity index (χ1v) is 21.6. The zero-order valence-corrected chi connectivity index (χ0v) is 32.3. The molecule has 0 rings (SSSR count). The molecule has 0 aliphatic heterocycles. The van der Waals surface area contributed by atoms with Crippen molar-refractivity contribution in [1.29, 1.82) is 0 Å². The number of carboxylic acids is 1. The van der Waals surface area contributed by atoms with Crippen molar-refractivity contribution in [3.05, 3.63) is 0 Å². The van der Waals surface area contributed by atoms with Gasteiger partial charge in [-0.05, 0) is 12.8 Å². The number of ether oxygens (including phenoxy) is 2. The van der Waals surface area contributed by atoms with Gasteiger partial charge in [-0.15, -0.1) is 0 Å². The molecule has 0 aliphatic rings. The zero-order chi connectivity index (χ0) is 35.4. The van der Waals surface area contributed by atoms with Gasteiger partial charge < -0.3 is 25.2 Å². The Morgan fingerprint density at radius 3 is 1.25 bits per heavy atom. The standard InChI is InChI=1S/C38H78NO8P/c1-3-5-7-9-11-13-15-17-19-21-23-25-27-29-31-44-33-36(34-46-48(42,43)47-35-37(39)38(40)41)45-32-30-28-26-24-22-20-18-16-14-12-10-8-6-4-2/h36-37H,3-35,39H2,1-2H3,(H,40,41)(H,42,43)/t36-,37+/m1/s1. The van der Waals surface area contributed by atoms with Crippen LogP contribution < -0.4 is 5.73 Å². The molecule has 0 aliphatic carbocycles. The molecule has 0 heterocycles. The molecule has 48 heavy (non-hydrogen) atoms. The van der Waals surface area contributed by atoms with E-state index in [0.717, 1.165) is 25.7 Å². The number of rotatable bonds is 40. The van der Waals surface area contributed by atoms with Crippen molar-refractivity contribution < 1.29 is 37.9 Å². The van der Waals surface area contributed by atoms with E-state index in [1.165, 1.54) is 154 Å². The number of phosphoric acid groups is 1. The summed E-state index contributed by atoms with van der Waals surface area (Å²) in [6, 6.07) is -1.41. The fraction of sp³-hybridized carbons (Fsp3) is 0.974. The van der Waals surface area contributed by atoms with Gasteiger partial charge in [-0.25, -0.2) is 4.57 Å². The molecule has 0 bridgehead atoms. The van der Waals surface area contributed by atoms with E-state index in [9.17, 15) is 14.3 Å². The number of carbonyl (C=O) groups is 1. The summed E-state index contributed by atoms with van der Waals surface area (Å²) in [6.45, 7) is 5.10. The predicted octanol–water partition coefficient (Wildman–Crippen LogP) is 10.9. The zero-order valence-electron chi connectivity index (χ0n) is 31.4. The topological polar surface area (TPSA) is 138 Å². The van der Waals surface area contributed by atoms with Crippen LogP contribution in [0.25, 0.3) is 0 Å². The van der Waals surface area contributed by atoms with Crippen LogP contribution in [0.5, 0.6) is 0 Å². The number of hydrogen-bond acceptors (Lipinski definition) is 7. The van der Waals surface area contributed by atoms with E-state index >= 15 is 0 Å². The molecule has 10 heteroatoms. The lowest BCUT2D eigenvalue weighted by Gasteiger charge is -2.20. The predicted molar refractivity (Wildman–Crippen MR) is 199 cm³/mol. The Labute approximate surface area is 295 Å². The van der Waals surface area contributed by atoms with Crippen molar-refractivity contribution in [2.45, 2.75) is 206 Å². The molecule has 3 atom stereocenters. The lowest BCUT2D eigenvalue weighted by atomic mass is 10.0. The van der Waals surface area contributed by atoms with Gasteiger partial charge in [-0.2, -0.15) is 0 Å². The molecule has 0 aromatic carbocycles. The van der Waals surface area contributed by atoms with E-state index in [2.05, 4.69) is 13.8 Å². The highest BCUT2D eigenvalue weighted by Gasteiger charge is 2.26. The molecular weight excluding hydrogens is 629 g/mol. The Balaban J connectivity index is 4.10. The molecule has 0 aromatic heterocycles. The minimum absolute atomic E-state index is 0.187. The lowest BCUT2D eigenvalue weighted by molar-refractivity contribution is -0.139. The summed E-state index contributed by atoms with van der Waals surface area (Å²) < 4.78 is 33.9. The van der Waals surface area contributed by atoms with Gasteiger partial charge in [0.15, 0.2) is 0 Å². The first-order valence-electron chi connectivity index (χ1n) is 20.1. The number of unbranched alkanes of at least 4 members (excludes halogenated alkanes) is 26. The maximum absolute atomic E-state index is 12.2. The maximum atomic E-state index is 12.2. The van der Waals surface area contributed by atoms with Crippen molar-refractivity contribution in [2.24, 2.45) is 5.73 Å². The van der Waals surface area contributed by atoms with Crippen LogP contribution in [-0.4, -0.2) is 61.1 Å². The van der Waals surface area contributed by atoms with Gasteiger partial charge in [-0.1, -0.05) is 181 Å². The molecule has 0 saturated heterocycles. The van der Waals surface area contributed by atoms with E-state index in [4.69, 9.17) is 29.4 Å². The summed E-state index contributed by atoms with van der Waals surface area (Å²) in [5.74, 6) is -1.32. The lowest BCUT2D eigenvalue weighted by Crippen LogP contribution is -2.34. The van der Waals surface area contributed by atoms with E-state index in [1.54, 1.807) is 0 Å². The van der Waals surface area contributed by atoms with Crippen LogP contribution in [0, 0.1) is 0 Å². The summed E-state index contributed by atoms with van der Waals surface area (Å²) in [6.07, 6.45) is 35.7. The van der Waals surface area contributed by atoms with Gasteiger partial charge in [0.2, 0.25) is 0 Å². The van der Waals surface area contributed by atoms with Crippen molar-refractivity contribution in [2.75, 3.05) is 33.0 Å². The Morgan fingerprint density at radius 1 is 0.542 bits per heavy atom. The highest BCUT2D eigenvalue weighted by Crippen LogP contribution is 2.43. The van der Waals surface area contributed by atoms with Gasteiger partial charge in [0.1, 0.15) is 12.1 Å². The van der Waals surface area contributed by atoms with Crippen LogP contribution in [0.1, 0.15) is 194 Å². The van der Waals surface area contributed by atoms with Crippen LogP contribution >= 0.6 is 7.82 Å². The number of aliphatic carboxylic acids is 1. The smallest absolute Gasteiger partial charge is 0.472 e. The fourth-order valence-corrected chi connectivity index (χ4v) is 6.54. The molecule has 0 fully saturated rings.